The number of amides is 1. The third kappa shape index (κ3) is 3.31. The van der Waals surface area contributed by atoms with Crippen LogP contribution in [0, 0.1) is 18.7 Å². The van der Waals surface area contributed by atoms with Crippen LogP contribution in [0.2, 0.25) is 0 Å². The second-order valence-electron chi connectivity index (χ2n) is 6.51. The Morgan fingerprint density at radius 2 is 1.87 bits per heavy atom. The maximum Gasteiger partial charge on any atom is 0.250 e. The van der Waals surface area contributed by atoms with Gasteiger partial charge in [-0.15, -0.1) is 0 Å². The maximum atomic E-state index is 13.2. The molecule has 1 saturated carbocycles. The van der Waals surface area contributed by atoms with E-state index in [9.17, 15) is 9.18 Å². The third-order valence-corrected chi connectivity index (χ3v) is 4.94. The van der Waals surface area contributed by atoms with E-state index >= 15 is 0 Å². The van der Waals surface area contributed by atoms with Gasteiger partial charge < -0.3 is 10.3 Å². The van der Waals surface area contributed by atoms with Crippen molar-refractivity contribution in [3.05, 3.63) is 47.4 Å². The Bertz CT molecular complexity index is 697. The van der Waals surface area contributed by atoms with E-state index in [4.69, 9.17) is 5.73 Å². The molecule has 1 aliphatic rings. The molecule has 3 rings (SSSR count). The van der Waals surface area contributed by atoms with Gasteiger partial charge >= 0.3 is 0 Å². The van der Waals surface area contributed by atoms with Gasteiger partial charge in [0.05, 0.1) is 5.56 Å². The molecule has 4 heteroatoms. The summed E-state index contributed by atoms with van der Waals surface area (Å²) in [5, 5.41) is 0. The lowest BCUT2D eigenvalue weighted by Crippen LogP contribution is -2.17. The number of carbonyl (C=O) groups excluding carboxylic acids is 1. The van der Waals surface area contributed by atoms with Gasteiger partial charge in [0.1, 0.15) is 5.82 Å². The topological polar surface area (TPSA) is 48.0 Å². The van der Waals surface area contributed by atoms with Crippen molar-refractivity contribution in [3.8, 4) is 11.3 Å². The second kappa shape index (κ2) is 6.57. The Hall–Kier alpha value is -2.10. The minimum atomic E-state index is -0.409. The highest BCUT2D eigenvalue weighted by Crippen LogP contribution is 2.31. The Balaban J connectivity index is 2.00. The number of nitrogens with two attached hydrogens (primary N) is 1. The Morgan fingerprint density at radius 1 is 1.22 bits per heavy atom. The van der Waals surface area contributed by atoms with Crippen LogP contribution in [0.4, 0.5) is 4.39 Å². The van der Waals surface area contributed by atoms with Gasteiger partial charge in [-0.2, -0.15) is 0 Å². The second-order valence-corrected chi connectivity index (χ2v) is 6.51. The fourth-order valence-corrected chi connectivity index (χ4v) is 3.62. The standard InChI is InChI=1S/C19H23FN2O/c1-13-17(19(21)23)11-18(15-7-9-16(20)10-8-15)22(13)12-14-5-3-2-4-6-14/h7-11,14H,2-6,12H2,1H3,(H2,21,23). The number of carbonyl (C=O) groups is 1. The van der Waals surface area contributed by atoms with Gasteiger partial charge in [0, 0.05) is 17.9 Å². The van der Waals surface area contributed by atoms with Gasteiger partial charge in [0.25, 0.3) is 5.91 Å². The molecule has 0 unspecified atom stereocenters. The maximum absolute atomic E-state index is 13.2. The van der Waals surface area contributed by atoms with Crippen molar-refractivity contribution in [1.82, 2.24) is 4.57 Å². The van der Waals surface area contributed by atoms with Crippen molar-refractivity contribution in [2.75, 3.05) is 0 Å². The highest BCUT2D eigenvalue weighted by atomic mass is 19.1. The monoisotopic (exact) mass is 314 g/mol. The van der Waals surface area contributed by atoms with Gasteiger partial charge in [-0.1, -0.05) is 19.3 Å². The zero-order valence-corrected chi connectivity index (χ0v) is 13.5. The smallest absolute Gasteiger partial charge is 0.250 e. The van der Waals surface area contributed by atoms with Crippen LogP contribution < -0.4 is 5.73 Å². The number of aromatic nitrogens is 1. The van der Waals surface area contributed by atoms with E-state index in [0.717, 1.165) is 23.5 Å². The van der Waals surface area contributed by atoms with E-state index in [-0.39, 0.29) is 5.82 Å². The van der Waals surface area contributed by atoms with Crippen LogP contribution in [-0.2, 0) is 6.54 Å². The average Bonchev–Trinajstić information content (AvgIpc) is 2.87. The fourth-order valence-electron chi connectivity index (χ4n) is 3.62. The molecule has 23 heavy (non-hydrogen) atoms. The molecule has 122 valence electrons. The van der Waals surface area contributed by atoms with Crippen molar-refractivity contribution in [2.24, 2.45) is 11.7 Å². The highest BCUT2D eigenvalue weighted by molar-refractivity contribution is 5.95. The quantitative estimate of drug-likeness (QED) is 0.899. The summed E-state index contributed by atoms with van der Waals surface area (Å²) < 4.78 is 15.4. The van der Waals surface area contributed by atoms with Gasteiger partial charge in [0.2, 0.25) is 0 Å². The van der Waals surface area contributed by atoms with E-state index in [1.165, 1.54) is 44.2 Å². The molecule has 2 aromatic rings. The third-order valence-electron chi connectivity index (χ3n) is 4.94. The normalized spacial score (nSPS) is 15.7. The van der Waals surface area contributed by atoms with E-state index in [1.54, 1.807) is 12.1 Å². The molecular formula is C19H23FN2O. The molecule has 1 aromatic heterocycles. The first-order chi connectivity index (χ1) is 11.1. The summed E-state index contributed by atoms with van der Waals surface area (Å²) in [6, 6.07) is 8.26. The number of benzene rings is 1. The highest BCUT2D eigenvalue weighted by Gasteiger charge is 2.21. The van der Waals surface area contributed by atoms with Gasteiger partial charge in [-0.25, -0.2) is 4.39 Å². The lowest BCUT2D eigenvalue weighted by Gasteiger charge is -2.24. The molecule has 0 bridgehead atoms. The summed E-state index contributed by atoms with van der Waals surface area (Å²) in [7, 11) is 0. The van der Waals surface area contributed by atoms with Crippen LogP contribution in [0.25, 0.3) is 11.3 Å². The predicted octanol–water partition coefficient (Wildman–Crippen LogP) is 4.28. The number of rotatable bonds is 4. The number of nitrogens with zero attached hydrogens (tertiary/aromatic N) is 1. The lowest BCUT2D eigenvalue weighted by atomic mass is 9.89. The number of halogens is 1. The van der Waals surface area contributed by atoms with E-state index in [2.05, 4.69) is 4.57 Å². The summed E-state index contributed by atoms with van der Waals surface area (Å²) in [6.45, 7) is 2.84. The number of primary amides is 1. The molecule has 1 aromatic carbocycles. The van der Waals surface area contributed by atoms with Crippen LogP contribution >= 0.6 is 0 Å². The van der Waals surface area contributed by atoms with E-state index in [0.29, 0.717) is 11.5 Å². The molecule has 0 aliphatic heterocycles. The SMILES string of the molecule is Cc1c(C(N)=O)cc(-c2ccc(F)cc2)n1CC1CCCCC1. The summed E-state index contributed by atoms with van der Waals surface area (Å²) in [5.41, 5.74) is 8.84. The van der Waals surface area contributed by atoms with Crippen LogP contribution in [0.15, 0.2) is 30.3 Å². The van der Waals surface area contributed by atoms with Crippen molar-refractivity contribution in [1.29, 1.82) is 0 Å². The first-order valence-electron chi connectivity index (χ1n) is 8.32. The summed E-state index contributed by atoms with van der Waals surface area (Å²) >= 11 is 0. The van der Waals surface area contributed by atoms with Crippen LogP contribution in [0.3, 0.4) is 0 Å². The van der Waals surface area contributed by atoms with Gasteiger partial charge in [-0.3, -0.25) is 4.79 Å². The molecule has 1 fully saturated rings. The van der Waals surface area contributed by atoms with Crippen LogP contribution in [-0.4, -0.2) is 10.5 Å². The summed E-state index contributed by atoms with van der Waals surface area (Å²) in [6.07, 6.45) is 6.33. The molecule has 1 aliphatic carbocycles. The number of hydrogen-bond donors (Lipinski definition) is 1. The Kier molecular flexibility index (Phi) is 4.51. The van der Waals surface area contributed by atoms with Crippen LogP contribution in [0.1, 0.15) is 48.2 Å². The molecular weight excluding hydrogens is 291 g/mol. The molecule has 1 amide bonds. The molecule has 0 saturated heterocycles. The first-order valence-corrected chi connectivity index (χ1v) is 8.32. The van der Waals surface area contributed by atoms with Crippen LogP contribution in [0.5, 0.6) is 0 Å². The molecule has 0 spiro atoms. The number of hydrogen-bond acceptors (Lipinski definition) is 1. The molecule has 0 radical (unpaired) electrons. The lowest BCUT2D eigenvalue weighted by molar-refractivity contribution is 0.0999. The van der Waals surface area contributed by atoms with Crippen molar-refractivity contribution in [2.45, 2.75) is 45.6 Å². The van der Waals surface area contributed by atoms with Crippen molar-refractivity contribution < 1.29 is 9.18 Å². The average molecular weight is 314 g/mol. The predicted molar refractivity (Wildman–Crippen MR) is 89.7 cm³/mol. The summed E-state index contributed by atoms with van der Waals surface area (Å²) in [4.78, 5) is 11.7. The molecule has 3 nitrogen and oxygen atoms in total. The van der Waals surface area contributed by atoms with Gasteiger partial charge in [0.15, 0.2) is 0 Å². The largest absolute Gasteiger partial charge is 0.366 e. The van der Waals surface area contributed by atoms with E-state index < -0.39 is 5.91 Å². The molecule has 0 atom stereocenters. The molecule has 1 heterocycles. The summed E-state index contributed by atoms with van der Waals surface area (Å²) in [5.74, 6) is -0.0333. The van der Waals surface area contributed by atoms with Crippen molar-refractivity contribution >= 4 is 5.91 Å². The van der Waals surface area contributed by atoms with E-state index in [1.807, 2.05) is 13.0 Å². The minimum absolute atomic E-state index is 0.258. The Morgan fingerprint density at radius 3 is 2.48 bits per heavy atom. The Labute approximate surface area is 136 Å². The molecule has 2 N–H and O–H groups in total. The zero-order valence-electron chi connectivity index (χ0n) is 13.5. The van der Waals surface area contributed by atoms with Crippen molar-refractivity contribution in [3.63, 3.8) is 0 Å². The first kappa shape index (κ1) is 15.8. The fraction of sp³-hybridized carbons (Fsp3) is 0.421. The zero-order chi connectivity index (χ0) is 16.4. The minimum Gasteiger partial charge on any atom is -0.366 e. The van der Waals surface area contributed by atoms with Gasteiger partial charge in [-0.05, 0) is 61.6 Å².